The highest BCUT2D eigenvalue weighted by atomic mass is 16.1. The van der Waals surface area contributed by atoms with Gasteiger partial charge in [0.15, 0.2) is 0 Å². The van der Waals surface area contributed by atoms with Crippen molar-refractivity contribution >= 4 is 5.91 Å². The molecule has 1 unspecified atom stereocenters. The summed E-state index contributed by atoms with van der Waals surface area (Å²) in [7, 11) is 1.78. The fourth-order valence-corrected chi connectivity index (χ4v) is 2.49. The molecule has 0 fully saturated rings. The molecule has 0 bridgehead atoms. The van der Waals surface area contributed by atoms with Gasteiger partial charge in [0.05, 0.1) is 6.04 Å². The van der Waals surface area contributed by atoms with Gasteiger partial charge < -0.3 is 11.1 Å². The SMILES string of the molecule is CNC(CCN1CCc2ccccc2C1)C(N)=O. The molecule has 0 aromatic heterocycles. The number of carbonyl (C=O) groups excluding carboxylic acids is 1. The zero-order valence-electron chi connectivity index (χ0n) is 10.9. The van der Waals surface area contributed by atoms with E-state index in [0.717, 1.165) is 32.5 Å². The Balaban J connectivity index is 1.88. The van der Waals surface area contributed by atoms with E-state index in [2.05, 4.69) is 34.5 Å². The Hall–Kier alpha value is -1.39. The number of benzene rings is 1. The lowest BCUT2D eigenvalue weighted by atomic mass is 9.99. The Bertz CT molecular complexity index is 419. The van der Waals surface area contributed by atoms with Crippen LogP contribution in [-0.2, 0) is 17.8 Å². The van der Waals surface area contributed by atoms with Gasteiger partial charge >= 0.3 is 0 Å². The molecule has 2 rings (SSSR count). The van der Waals surface area contributed by atoms with Crippen LogP contribution in [-0.4, -0.2) is 37.0 Å². The quantitative estimate of drug-likeness (QED) is 0.797. The second-order valence-electron chi connectivity index (χ2n) is 4.83. The lowest BCUT2D eigenvalue weighted by Gasteiger charge is -2.29. The van der Waals surface area contributed by atoms with E-state index in [1.54, 1.807) is 7.05 Å². The Labute approximate surface area is 108 Å². The molecule has 98 valence electrons. The fraction of sp³-hybridized carbons (Fsp3) is 0.500. The Kier molecular flexibility index (Phi) is 4.33. The summed E-state index contributed by atoms with van der Waals surface area (Å²) < 4.78 is 0. The number of hydrogen-bond donors (Lipinski definition) is 2. The van der Waals surface area contributed by atoms with Crippen molar-refractivity contribution in [3.63, 3.8) is 0 Å². The highest BCUT2D eigenvalue weighted by Crippen LogP contribution is 2.18. The molecule has 0 spiro atoms. The van der Waals surface area contributed by atoms with E-state index < -0.39 is 0 Å². The maximum Gasteiger partial charge on any atom is 0.234 e. The number of hydrogen-bond acceptors (Lipinski definition) is 3. The number of rotatable bonds is 5. The van der Waals surface area contributed by atoms with E-state index in [1.165, 1.54) is 11.1 Å². The summed E-state index contributed by atoms with van der Waals surface area (Å²) in [5.74, 6) is -0.269. The van der Waals surface area contributed by atoms with Crippen molar-refractivity contribution in [1.29, 1.82) is 0 Å². The highest BCUT2D eigenvalue weighted by Gasteiger charge is 2.18. The van der Waals surface area contributed by atoms with Crippen LogP contribution in [0.4, 0.5) is 0 Å². The third kappa shape index (κ3) is 3.09. The van der Waals surface area contributed by atoms with Crippen LogP contribution >= 0.6 is 0 Å². The lowest BCUT2D eigenvalue weighted by Crippen LogP contribution is -2.42. The van der Waals surface area contributed by atoms with Crippen LogP contribution in [0.2, 0.25) is 0 Å². The van der Waals surface area contributed by atoms with Gasteiger partial charge in [0.2, 0.25) is 5.91 Å². The van der Waals surface area contributed by atoms with Gasteiger partial charge in [0.1, 0.15) is 0 Å². The minimum atomic E-state index is -0.269. The summed E-state index contributed by atoms with van der Waals surface area (Å²) in [5, 5.41) is 2.96. The van der Waals surface area contributed by atoms with E-state index >= 15 is 0 Å². The first-order valence-corrected chi connectivity index (χ1v) is 6.46. The third-order valence-corrected chi connectivity index (χ3v) is 3.64. The first-order chi connectivity index (χ1) is 8.70. The standard InChI is InChI=1S/C14H21N3O/c1-16-13(14(15)18)7-9-17-8-6-11-4-2-3-5-12(11)10-17/h2-5,13,16H,6-10H2,1H3,(H2,15,18). The maximum atomic E-state index is 11.1. The number of nitrogens with two attached hydrogens (primary N) is 1. The average Bonchev–Trinajstić information content (AvgIpc) is 2.39. The number of nitrogens with one attached hydrogen (secondary N) is 1. The molecule has 1 aliphatic rings. The molecule has 4 nitrogen and oxygen atoms in total. The molecule has 0 aliphatic carbocycles. The average molecular weight is 247 g/mol. The number of likely N-dealkylation sites (N-methyl/N-ethyl adjacent to an activating group) is 1. The predicted octanol–water partition coefficient (Wildman–Crippen LogP) is 0.508. The van der Waals surface area contributed by atoms with Crippen molar-refractivity contribution in [2.24, 2.45) is 5.73 Å². The zero-order valence-corrected chi connectivity index (χ0v) is 10.9. The Morgan fingerprint density at radius 3 is 2.83 bits per heavy atom. The van der Waals surface area contributed by atoms with E-state index in [0.29, 0.717) is 0 Å². The van der Waals surface area contributed by atoms with E-state index in [9.17, 15) is 4.79 Å². The minimum absolute atomic E-state index is 0.220. The molecule has 1 heterocycles. The van der Waals surface area contributed by atoms with Crippen molar-refractivity contribution in [1.82, 2.24) is 10.2 Å². The molecule has 0 radical (unpaired) electrons. The first kappa shape index (κ1) is 13.1. The third-order valence-electron chi connectivity index (χ3n) is 3.64. The number of amides is 1. The van der Waals surface area contributed by atoms with Gasteiger partial charge in [-0.1, -0.05) is 24.3 Å². The highest BCUT2D eigenvalue weighted by molar-refractivity contribution is 5.79. The van der Waals surface area contributed by atoms with Crippen molar-refractivity contribution in [3.05, 3.63) is 35.4 Å². The fourth-order valence-electron chi connectivity index (χ4n) is 2.49. The molecule has 1 aliphatic heterocycles. The second kappa shape index (κ2) is 5.98. The molecule has 4 heteroatoms. The van der Waals surface area contributed by atoms with E-state index in [1.807, 2.05) is 0 Å². The van der Waals surface area contributed by atoms with Gasteiger partial charge in [-0.3, -0.25) is 9.69 Å². The minimum Gasteiger partial charge on any atom is -0.368 e. The van der Waals surface area contributed by atoms with E-state index in [-0.39, 0.29) is 11.9 Å². The lowest BCUT2D eigenvalue weighted by molar-refractivity contribution is -0.120. The predicted molar refractivity (Wildman–Crippen MR) is 72.1 cm³/mol. The van der Waals surface area contributed by atoms with Crippen LogP contribution in [0.25, 0.3) is 0 Å². The molecule has 1 atom stereocenters. The van der Waals surface area contributed by atoms with Crippen LogP contribution in [0.1, 0.15) is 17.5 Å². The molecule has 1 amide bonds. The van der Waals surface area contributed by atoms with Crippen LogP contribution in [0.3, 0.4) is 0 Å². The largest absolute Gasteiger partial charge is 0.368 e. The van der Waals surface area contributed by atoms with Crippen LogP contribution in [0.5, 0.6) is 0 Å². The smallest absolute Gasteiger partial charge is 0.234 e. The van der Waals surface area contributed by atoms with Crippen molar-refractivity contribution in [2.75, 3.05) is 20.1 Å². The Morgan fingerprint density at radius 1 is 1.44 bits per heavy atom. The number of nitrogens with zero attached hydrogens (tertiary/aromatic N) is 1. The summed E-state index contributed by atoms with van der Waals surface area (Å²) in [6.07, 6.45) is 1.87. The second-order valence-corrected chi connectivity index (χ2v) is 4.83. The first-order valence-electron chi connectivity index (χ1n) is 6.46. The van der Waals surface area contributed by atoms with Crippen LogP contribution in [0, 0.1) is 0 Å². The maximum absolute atomic E-state index is 11.1. The van der Waals surface area contributed by atoms with Crippen molar-refractivity contribution in [2.45, 2.75) is 25.4 Å². The number of fused-ring (bicyclic) bond motifs is 1. The molecular weight excluding hydrogens is 226 g/mol. The molecule has 1 aromatic rings. The molecular formula is C14H21N3O. The Morgan fingerprint density at radius 2 is 2.17 bits per heavy atom. The van der Waals surface area contributed by atoms with Gasteiger partial charge in [-0.2, -0.15) is 0 Å². The van der Waals surface area contributed by atoms with Gasteiger partial charge in [0.25, 0.3) is 0 Å². The number of primary amides is 1. The topological polar surface area (TPSA) is 58.4 Å². The monoisotopic (exact) mass is 247 g/mol. The molecule has 0 saturated heterocycles. The summed E-state index contributed by atoms with van der Waals surface area (Å²) in [6, 6.07) is 8.35. The van der Waals surface area contributed by atoms with Gasteiger partial charge in [0, 0.05) is 19.6 Å². The summed E-state index contributed by atoms with van der Waals surface area (Å²) >= 11 is 0. The summed E-state index contributed by atoms with van der Waals surface area (Å²) in [4.78, 5) is 13.5. The number of carbonyl (C=O) groups is 1. The molecule has 18 heavy (non-hydrogen) atoms. The van der Waals surface area contributed by atoms with Gasteiger partial charge in [-0.15, -0.1) is 0 Å². The van der Waals surface area contributed by atoms with Crippen molar-refractivity contribution in [3.8, 4) is 0 Å². The molecule has 0 saturated carbocycles. The van der Waals surface area contributed by atoms with E-state index in [4.69, 9.17) is 5.73 Å². The van der Waals surface area contributed by atoms with Crippen LogP contribution < -0.4 is 11.1 Å². The zero-order chi connectivity index (χ0) is 13.0. The molecule has 3 N–H and O–H groups in total. The van der Waals surface area contributed by atoms with Gasteiger partial charge in [-0.05, 0) is 31.0 Å². The summed E-state index contributed by atoms with van der Waals surface area (Å²) in [6.45, 7) is 2.94. The van der Waals surface area contributed by atoms with Crippen molar-refractivity contribution < 1.29 is 4.79 Å². The molecule has 1 aromatic carbocycles. The van der Waals surface area contributed by atoms with Gasteiger partial charge in [-0.25, -0.2) is 0 Å². The normalized spacial score (nSPS) is 17.2. The summed E-state index contributed by atoms with van der Waals surface area (Å²) in [5.41, 5.74) is 8.18. The van der Waals surface area contributed by atoms with Crippen LogP contribution in [0.15, 0.2) is 24.3 Å².